The van der Waals surface area contributed by atoms with Crippen LogP contribution in [0.4, 0.5) is 4.79 Å². The van der Waals surface area contributed by atoms with E-state index in [-0.39, 0.29) is 0 Å². The zero-order valence-electron chi connectivity index (χ0n) is 8.73. The summed E-state index contributed by atoms with van der Waals surface area (Å²) in [5.41, 5.74) is 4.85. The van der Waals surface area contributed by atoms with Gasteiger partial charge in [-0.05, 0) is 17.9 Å². The standard InChI is InChI=1S/C10H16N2O2S/c1-2-8(9-4-3-7-15-9)12-5-6-14-10(11)13/h3-4,7-8,12H,2,5-6H2,1H3,(H2,11,13). The number of rotatable bonds is 6. The second-order valence-corrected chi connectivity index (χ2v) is 4.08. The minimum atomic E-state index is -0.721. The molecular formula is C10H16N2O2S. The minimum Gasteiger partial charge on any atom is -0.448 e. The number of thiophene rings is 1. The number of nitrogens with two attached hydrogens (primary N) is 1. The third kappa shape index (κ3) is 4.31. The summed E-state index contributed by atoms with van der Waals surface area (Å²) in [5.74, 6) is 0. The van der Waals surface area contributed by atoms with Crippen LogP contribution in [-0.2, 0) is 4.74 Å². The molecule has 4 nitrogen and oxygen atoms in total. The number of nitrogens with one attached hydrogen (secondary N) is 1. The van der Waals surface area contributed by atoms with E-state index in [1.165, 1.54) is 4.88 Å². The lowest BCUT2D eigenvalue weighted by Gasteiger charge is -2.14. The molecule has 1 atom stereocenters. The number of ether oxygens (including phenoxy) is 1. The van der Waals surface area contributed by atoms with E-state index >= 15 is 0 Å². The molecule has 0 bridgehead atoms. The van der Waals surface area contributed by atoms with Crippen molar-refractivity contribution in [2.45, 2.75) is 19.4 Å². The van der Waals surface area contributed by atoms with Gasteiger partial charge in [0.05, 0.1) is 0 Å². The predicted molar refractivity (Wildman–Crippen MR) is 60.9 cm³/mol. The fourth-order valence-electron chi connectivity index (χ4n) is 1.32. The van der Waals surface area contributed by atoms with Crippen LogP contribution in [0.1, 0.15) is 24.3 Å². The number of carbonyl (C=O) groups is 1. The van der Waals surface area contributed by atoms with Crippen LogP contribution in [0, 0.1) is 0 Å². The molecule has 0 radical (unpaired) electrons. The van der Waals surface area contributed by atoms with Gasteiger partial charge in [-0.3, -0.25) is 0 Å². The minimum absolute atomic E-state index is 0.317. The van der Waals surface area contributed by atoms with E-state index in [0.29, 0.717) is 19.2 Å². The molecule has 1 unspecified atom stereocenters. The van der Waals surface area contributed by atoms with Crippen molar-refractivity contribution in [3.63, 3.8) is 0 Å². The molecular weight excluding hydrogens is 212 g/mol. The highest BCUT2D eigenvalue weighted by molar-refractivity contribution is 7.10. The van der Waals surface area contributed by atoms with E-state index in [2.05, 4.69) is 28.4 Å². The first kappa shape index (κ1) is 12.0. The summed E-state index contributed by atoms with van der Waals surface area (Å²) in [6.45, 7) is 3.06. The number of hydrogen-bond acceptors (Lipinski definition) is 4. The highest BCUT2D eigenvalue weighted by atomic mass is 32.1. The van der Waals surface area contributed by atoms with Crippen LogP contribution in [-0.4, -0.2) is 19.2 Å². The highest BCUT2D eigenvalue weighted by Crippen LogP contribution is 2.21. The number of hydrogen-bond donors (Lipinski definition) is 2. The molecule has 0 saturated heterocycles. The Morgan fingerprint density at radius 3 is 3.07 bits per heavy atom. The lowest BCUT2D eigenvalue weighted by Crippen LogP contribution is -2.26. The quantitative estimate of drug-likeness (QED) is 0.731. The molecule has 1 aromatic heterocycles. The monoisotopic (exact) mass is 228 g/mol. The van der Waals surface area contributed by atoms with Gasteiger partial charge in [0.2, 0.25) is 0 Å². The van der Waals surface area contributed by atoms with Crippen molar-refractivity contribution < 1.29 is 9.53 Å². The molecule has 3 N–H and O–H groups in total. The molecule has 15 heavy (non-hydrogen) atoms. The Kier molecular flexibility index (Phi) is 5.14. The van der Waals surface area contributed by atoms with Crippen molar-refractivity contribution in [1.29, 1.82) is 0 Å². The van der Waals surface area contributed by atoms with Crippen molar-refractivity contribution >= 4 is 17.4 Å². The number of primary amides is 1. The fourth-order valence-corrected chi connectivity index (χ4v) is 2.21. The zero-order valence-corrected chi connectivity index (χ0v) is 9.55. The van der Waals surface area contributed by atoms with Gasteiger partial charge in [0.1, 0.15) is 6.61 Å². The fraction of sp³-hybridized carbons (Fsp3) is 0.500. The molecule has 5 heteroatoms. The second kappa shape index (κ2) is 6.42. The third-order valence-corrected chi connectivity index (χ3v) is 3.02. The summed E-state index contributed by atoms with van der Waals surface area (Å²) in [5, 5.41) is 5.36. The van der Waals surface area contributed by atoms with Gasteiger partial charge in [0.25, 0.3) is 0 Å². The van der Waals surface area contributed by atoms with E-state index in [4.69, 9.17) is 5.73 Å². The highest BCUT2D eigenvalue weighted by Gasteiger charge is 2.08. The Balaban J connectivity index is 2.26. The van der Waals surface area contributed by atoms with Crippen molar-refractivity contribution in [2.24, 2.45) is 5.73 Å². The molecule has 0 aliphatic heterocycles. The van der Waals surface area contributed by atoms with Crippen molar-refractivity contribution in [1.82, 2.24) is 5.32 Å². The van der Waals surface area contributed by atoms with Gasteiger partial charge in [-0.15, -0.1) is 11.3 Å². The van der Waals surface area contributed by atoms with Gasteiger partial charge in [0, 0.05) is 17.5 Å². The molecule has 0 spiro atoms. The van der Waals surface area contributed by atoms with Gasteiger partial charge in [-0.1, -0.05) is 13.0 Å². The van der Waals surface area contributed by atoms with Crippen molar-refractivity contribution in [3.05, 3.63) is 22.4 Å². The molecule has 0 aromatic carbocycles. The predicted octanol–water partition coefficient (Wildman–Crippen LogP) is 1.88. The molecule has 0 fully saturated rings. The van der Waals surface area contributed by atoms with Crippen LogP contribution in [0.25, 0.3) is 0 Å². The number of carbonyl (C=O) groups excluding carboxylic acids is 1. The van der Waals surface area contributed by atoms with E-state index in [1.807, 2.05) is 6.07 Å². The molecule has 1 aromatic rings. The average Bonchev–Trinajstić information content (AvgIpc) is 2.70. The van der Waals surface area contributed by atoms with E-state index in [9.17, 15) is 4.79 Å². The van der Waals surface area contributed by atoms with E-state index < -0.39 is 6.09 Å². The maximum Gasteiger partial charge on any atom is 0.404 e. The maximum absolute atomic E-state index is 10.3. The Hall–Kier alpha value is -1.07. The first-order valence-corrected chi connectivity index (χ1v) is 5.81. The van der Waals surface area contributed by atoms with Crippen LogP contribution in [0.3, 0.4) is 0 Å². The van der Waals surface area contributed by atoms with Gasteiger partial charge in [-0.25, -0.2) is 4.79 Å². The molecule has 0 saturated carbocycles. The topological polar surface area (TPSA) is 64.3 Å². The molecule has 84 valence electrons. The summed E-state index contributed by atoms with van der Waals surface area (Å²) in [4.78, 5) is 11.6. The van der Waals surface area contributed by atoms with Crippen LogP contribution >= 0.6 is 11.3 Å². The van der Waals surface area contributed by atoms with Crippen LogP contribution < -0.4 is 11.1 Å². The Bertz CT molecular complexity index is 288. The molecule has 1 heterocycles. The Morgan fingerprint density at radius 2 is 2.53 bits per heavy atom. The second-order valence-electron chi connectivity index (χ2n) is 3.10. The summed E-state index contributed by atoms with van der Waals surface area (Å²) in [6.07, 6.45) is 0.290. The lowest BCUT2D eigenvalue weighted by molar-refractivity contribution is 0.156. The van der Waals surface area contributed by atoms with Gasteiger partial charge in [-0.2, -0.15) is 0 Å². The summed E-state index contributed by atoms with van der Waals surface area (Å²) >= 11 is 1.73. The first-order chi connectivity index (χ1) is 7.24. The summed E-state index contributed by atoms with van der Waals surface area (Å²) < 4.78 is 4.63. The smallest absolute Gasteiger partial charge is 0.404 e. The SMILES string of the molecule is CCC(NCCOC(N)=O)c1cccs1. The summed E-state index contributed by atoms with van der Waals surface area (Å²) in [7, 11) is 0. The van der Waals surface area contributed by atoms with Crippen LogP contribution in [0.2, 0.25) is 0 Å². The van der Waals surface area contributed by atoms with Crippen LogP contribution in [0.5, 0.6) is 0 Å². The third-order valence-electron chi connectivity index (χ3n) is 2.03. The van der Waals surface area contributed by atoms with Crippen LogP contribution in [0.15, 0.2) is 17.5 Å². The Labute approximate surface area is 93.4 Å². The average molecular weight is 228 g/mol. The van der Waals surface area contributed by atoms with Gasteiger partial charge in [0.15, 0.2) is 0 Å². The Morgan fingerprint density at radius 1 is 1.73 bits per heavy atom. The maximum atomic E-state index is 10.3. The molecule has 0 aliphatic rings. The van der Waals surface area contributed by atoms with E-state index in [0.717, 1.165) is 6.42 Å². The van der Waals surface area contributed by atoms with Gasteiger partial charge >= 0.3 is 6.09 Å². The first-order valence-electron chi connectivity index (χ1n) is 4.93. The largest absolute Gasteiger partial charge is 0.448 e. The molecule has 1 rings (SSSR count). The zero-order chi connectivity index (χ0) is 11.1. The van der Waals surface area contributed by atoms with Crippen molar-refractivity contribution in [2.75, 3.05) is 13.2 Å². The van der Waals surface area contributed by atoms with Crippen molar-refractivity contribution in [3.8, 4) is 0 Å². The lowest BCUT2D eigenvalue weighted by atomic mass is 10.2. The normalized spacial score (nSPS) is 12.3. The number of amides is 1. The van der Waals surface area contributed by atoms with E-state index in [1.54, 1.807) is 11.3 Å². The summed E-state index contributed by atoms with van der Waals surface area (Å²) in [6, 6.07) is 4.46. The molecule has 0 aliphatic carbocycles. The van der Waals surface area contributed by atoms with Gasteiger partial charge < -0.3 is 15.8 Å². The molecule has 1 amide bonds.